The molecule has 4 rings (SSSR count). The van der Waals surface area contributed by atoms with Crippen molar-refractivity contribution in [3.05, 3.63) is 10.1 Å². The molecular formula is C16H21BrO7. The van der Waals surface area contributed by atoms with Crippen LogP contribution in [0, 0.1) is 17.3 Å². The molecule has 0 spiro atoms. The van der Waals surface area contributed by atoms with E-state index in [0.717, 1.165) is 5.57 Å². The molecule has 0 amide bonds. The van der Waals surface area contributed by atoms with Gasteiger partial charge in [0.05, 0.1) is 31.7 Å². The number of carbonyl (C=O) groups is 2. The monoisotopic (exact) mass is 404 g/mol. The minimum absolute atomic E-state index is 0.301. The number of ether oxygens (including phenoxy) is 5. The summed E-state index contributed by atoms with van der Waals surface area (Å²) in [5, 5.41) is 0. The quantitative estimate of drug-likeness (QED) is 0.517. The first-order valence-corrected chi connectivity index (χ1v) is 8.52. The number of carbonyl (C=O) groups excluding carboxylic acids is 2. The van der Waals surface area contributed by atoms with E-state index < -0.39 is 35.3 Å². The molecule has 3 atom stereocenters. The zero-order chi connectivity index (χ0) is 17.7. The Morgan fingerprint density at radius 1 is 1.21 bits per heavy atom. The van der Waals surface area contributed by atoms with E-state index in [0.29, 0.717) is 24.1 Å². The maximum atomic E-state index is 13.2. The van der Waals surface area contributed by atoms with Gasteiger partial charge in [-0.2, -0.15) is 0 Å². The van der Waals surface area contributed by atoms with E-state index in [1.54, 1.807) is 6.92 Å². The summed E-state index contributed by atoms with van der Waals surface area (Å²) in [6.45, 7) is 2.68. The van der Waals surface area contributed by atoms with Gasteiger partial charge in [0.2, 0.25) is 11.6 Å². The molecule has 0 unspecified atom stereocenters. The Bertz CT molecular complexity index is 591. The SMILES string of the molecule is COC(=O)[C@@]1(C)C[C@H]2C(C3OCCO3)=C(Br)[C@@H]1C(=O)C2(OC)OC. The van der Waals surface area contributed by atoms with Crippen molar-refractivity contribution in [2.45, 2.75) is 25.4 Å². The van der Waals surface area contributed by atoms with Crippen LogP contribution >= 0.6 is 15.9 Å². The second-order valence-corrected chi connectivity index (χ2v) is 7.27. The fourth-order valence-corrected chi connectivity index (χ4v) is 5.38. The molecule has 0 radical (unpaired) electrons. The molecule has 1 saturated carbocycles. The Labute approximate surface area is 148 Å². The van der Waals surface area contributed by atoms with Crippen molar-refractivity contribution in [1.82, 2.24) is 0 Å². The largest absolute Gasteiger partial charge is 0.469 e. The normalized spacial score (nSPS) is 35.6. The van der Waals surface area contributed by atoms with Crippen LogP contribution in [0.5, 0.6) is 0 Å². The lowest BCUT2D eigenvalue weighted by Crippen LogP contribution is -2.66. The third-order valence-electron chi connectivity index (χ3n) is 5.37. The molecule has 2 bridgehead atoms. The molecule has 8 heteroatoms. The molecule has 0 N–H and O–H groups in total. The van der Waals surface area contributed by atoms with Crippen LogP contribution in [-0.2, 0) is 33.3 Å². The van der Waals surface area contributed by atoms with Crippen LogP contribution in [0.3, 0.4) is 0 Å². The predicted molar refractivity (Wildman–Crippen MR) is 85.1 cm³/mol. The summed E-state index contributed by atoms with van der Waals surface area (Å²) in [5.41, 5.74) is -0.236. The Morgan fingerprint density at radius 2 is 1.79 bits per heavy atom. The van der Waals surface area contributed by atoms with Crippen LogP contribution in [0.2, 0.25) is 0 Å². The summed E-state index contributed by atoms with van der Waals surface area (Å²) in [5.74, 6) is -3.49. The average molecular weight is 405 g/mol. The van der Waals surface area contributed by atoms with E-state index >= 15 is 0 Å². The number of rotatable bonds is 4. The first kappa shape index (κ1) is 18.0. The number of hydrogen-bond acceptors (Lipinski definition) is 7. The topological polar surface area (TPSA) is 80.3 Å². The van der Waals surface area contributed by atoms with Gasteiger partial charge < -0.3 is 23.7 Å². The second-order valence-electron chi connectivity index (χ2n) is 6.42. The number of halogens is 1. The van der Waals surface area contributed by atoms with Gasteiger partial charge in [0.15, 0.2) is 6.29 Å². The van der Waals surface area contributed by atoms with Crippen molar-refractivity contribution in [2.75, 3.05) is 34.5 Å². The van der Waals surface area contributed by atoms with Gasteiger partial charge in [0, 0.05) is 30.2 Å². The summed E-state index contributed by atoms with van der Waals surface area (Å²) >= 11 is 3.53. The fraction of sp³-hybridized carbons (Fsp3) is 0.750. The minimum atomic E-state index is -1.46. The first-order chi connectivity index (χ1) is 11.4. The van der Waals surface area contributed by atoms with E-state index in [1.807, 2.05) is 0 Å². The van der Waals surface area contributed by atoms with E-state index in [-0.39, 0.29) is 5.78 Å². The Kier molecular flexibility index (Phi) is 4.63. The van der Waals surface area contributed by atoms with Crippen molar-refractivity contribution in [3.8, 4) is 0 Å². The molecule has 4 aliphatic rings. The molecule has 134 valence electrons. The summed E-state index contributed by atoms with van der Waals surface area (Å²) in [7, 11) is 4.18. The molecule has 0 aromatic heterocycles. The molecular weight excluding hydrogens is 384 g/mol. The lowest BCUT2D eigenvalue weighted by Gasteiger charge is -2.55. The van der Waals surface area contributed by atoms with Crippen molar-refractivity contribution >= 4 is 27.7 Å². The molecule has 1 aliphatic heterocycles. The fourth-order valence-electron chi connectivity index (χ4n) is 4.20. The highest BCUT2D eigenvalue weighted by Gasteiger charge is 2.69. The average Bonchev–Trinajstić information content (AvgIpc) is 3.09. The highest BCUT2D eigenvalue weighted by Crippen LogP contribution is 2.60. The van der Waals surface area contributed by atoms with E-state index in [9.17, 15) is 9.59 Å². The molecule has 0 aromatic carbocycles. The highest BCUT2D eigenvalue weighted by atomic mass is 79.9. The lowest BCUT2D eigenvalue weighted by molar-refractivity contribution is -0.253. The van der Waals surface area contributed by atoms with Crippen LogP contribution in [0.15, 0.2) is 10.1 Å². The smallest absolute Gasteiger partial charge is 0.312 e. The number of hydrogen-bond donors (Lipinski definition) is 0. The molecule has 3 aliphatic carbocycles. The summed E-state index contributed by atoms with van der Waals surface area (Å²) < 4.78 is 27.9. The third kappa shape index (κ3) is 2.17. The molecule has 7 nitrogen and oxygen atoms in total. The van der Waals surface area contributed by atoms with Gasteiger partial charge >= 0.3 is 5.97 Å². The summed E-state index contributed by atoms with van der Waals surface area (Å²) in [6.07, 6.45) is -0.238. The second kappa shape index (κ2) is 6.17. The van der Waals surface area contributed by atoms with Crippen molar-refractivity contribution in [2.24, 2.45) is 17.3 Å². The van der Waals surface area contributed by atoms with E-state index in [4.69, 9.17) is 23.7 Å². The standard InChI is InChI=1S/C16H21BrO7/c1-15(14(19)20-2)7-8-9(13-23-5-6-24-13)11(17)10(15)12(18)16(8,21-3)22-4/h8,10,13H,5-7H2,1-4H3/t8-,10+,15-/m0/s1. The van der Waals surface area contributed by atoms with Gasteiger partial charge in [-0.25, -0.2) is 0 Å². The Morgan fingerprint density at radius 3 is 2.29 bits per heavy atom. The molecule has 1 heterocycles. The number of allylic oxidation sites excluding steroid dienone is 1. The van der Waals surface area contributed by atoms with E-state index in [1.165, 1.54) is 21.3 Å². The van der Waals surface area contributed by atoms with Gasteiger partial charge in [-0.1, -0.05) is 15.9 Å². The molecule has 2 fully saturated rings. The van der Waals surface area contributed by atoms with Gasteiger partial charge in [-0.05, 0) is 13.3 Å². The van der Waals surface area contributed by atoms with Crippen molar-refractivity contribution in [1.29, 1.82) is 0 Å². The minimum Gasteiger partial charge on any atom is -0.469 e. The van der Waals surface area contributed by atoms with Gasteiger partial charge in [-0.3, -0.25) is 9.59 Å². The maximum Gasteiger partial charge on any atom is 0.312 e. The molecule has 24 heavy (non-hydrogen) atoms. The van der Waals surface area contributed by atoms with Crippen molar-refractivity contribution < 1.29 is 33.3 Å². The maximum absolute atomic E-state index is 13.2. The van der Waals surface area contributed by atoms with Crippen LogP contribution in [0.4, 0.5) is 0 Å². The zero-order valence-corrected chi connectivity index (χ0v) is 15.7. The van der Waals surface area contributed by atoms with Gasteiger partial charge in [0.1, 0.15) is 0 Å². The van der Waals surface area contributed by atoms with E-state index in [2.05, 4.69) is 15.9 Å². The highest BCUT2D eigenvalue weighted by molar-refractivity contribution is 9.11. The number of ketones is 1. The summed E-state index contributed by atoms with van der Waals surface area (Å²) in [6, 6.07) is 0. The molecule has 1 saturated heterocycles. The number of Topliss-reactive ketones (excluding diaryl/α,β-unsaturated/α-hetero) is 1. The van der Waals surface area contributed by atoms with Crippen LogP contribution < -0.4 is 0 Å². The summed E-state index contributed by atoms with van der Waals surface area (Å²) in [4.78, 5) is 25.6. The zero-order valence-electron chi connectivity index (χ0n) is 14.1. The number of methoxy groups -OCH3 is 3. The lowest BCUT2D eigenvalue weighted by atomic mass is 9.54. The number of esters is 1. The predicted octanol–water partition coefficient (Wildman–Crippen LogP) is 1.40. The molecule has 0 aromatic rings. The van der Waals surface area contributed by atoms with Crippen LogP contribution in [-0.4, -0.2) is 58.4 Å². The first-order valence-electron chi connectivity index (χ1n) is 7.73. The van der Waals surface area contributed by atoms with Crippen molar-refractivity contribution in [3.63, 3.8) is 0 Å². The van der Waals surface area contributed by atoms with Gasteiger partial charge in [-0.15, -0.1) is 0 Å². The van der Waals surface area contributed by atoms with Crippen LogP contribution in [0.25, 0.3) is 0 Å². The third-order valence-corrected chi connectivity index (χ3v) is 6.28. The Hall–Kier alpha value is -0.800. The Balaban J connectivity index is 2.17. The van der Waals surface area contributed by atoms with Crippen LogP contribution in [0.1, 0.15) is 13.3 Å². The number of fused-ring (bicyclic) bond motifs is 2. The van der Waals surface area contributed by atoms with Gasteiger partial charge in [0.25, 0.3) is 0 Å².